The van der Waals surface area contributed by atoms with Gasteiger partial charge in [-0.05, 0) is 60.5 Å². The molecule has 2 aliphatic rings. The van der Waals surface area contributed by atoms with Gasteiger partial charge in [0.2, 0.25) is 0 Å². The summed E-state index contributed by atoms with van der Waals surface area (Å²) in [6.45, 7) is 4.27. The molecule has 1 aliphatic heterocycles. The largest absolute Gasteiger partial charge is 0.497 e. The second kappa shape index (κ2) is 9.90. The first-order chi connectivity index (χ1) is 17.8. The van der Waals surface area contributed by atoms with E-state index in [9.17, 15) is 4.79 Å². The average molecular weight is 514 g/mol. The van der Waals surface area contributed by atoms with Gasteiger partial charge in [0.1, 0.15) is 11.5 Å². The van der Waals surface area contributed by atoms with Crippen LogP contribution in [0.15, 0.2) is 84.1 Å². The van der Waals surface area contributed by atoms with Crippen molar-refractivity contribution in [2.24, 2.45) is 5.41 Å². The molecule has 3 aromatic rings. The summed E-state index contributed by atoms with van der Waals surface area (Å²) in [5.74, 6) is 1.40. The number of nitrogens with one attached hydrogen (secondary N) is 2. The molecule has 6 nitrogen and oxygen atoms in total. The minimum Gasteiger partial charge on any atom is -0.497 e. The summed E-state index contributed by atoms with van der Waals surface area (Å²) in [6.07, 6.45) is 1.19. The zero-order chi connectivity index (χ0) is 26.2. The number of carbonyl (C=O) groups is 1. The van der Waals surface area contributed by atoms with Crippen LogP contribution in [0.5, 0.6) is 11.5 Å². The Balaban J connectivity index is 1.76. The molecular weight excluding hydrogens is 482 g/mol. The summed E-state index contributed by atoms with van der Waals surface area (Å²) in [6, 6.07) is 23.0. The highest BCUT2D eigenvalue weighted by atomic mass is 32.1. The van der Waals surface area contributed by atoms with E-state index in [1.807, 2.05) is 77.7 Å². The number of carbonyl (C=O) groups excluding carboxylic acids is 1. The Bertz CT molecular complexity index is 1380. The first-order valence-electron chi connectivity index (χ1n) is 12.3. The van der Waals surface area contributed by atoms with E-state index >= 15 is 0 Å². The van der Waals surface area contributed by atoms with Crippen LogP contribution in [0.1, 0.15) is 38.3 Å². The first kappa shape index (κ1) is 24.8. The van der Waals surface area contributed by atoms with Crippen LogP contribution in [-0.4, -0.2) is 25.1 Å². The van der Waals surface area contributed by atoms with E-state index in [-0.39, 0.29) is 11.2 Å². The third-order valence-corrected chi connectivity index (χ3v) is 7.18. The lowest BCUT2D eigenvalue weighted by molar-refractivity contribution is -0.118. The van der Waals surface area contributed by atoms with Crippen molar-refractivity contribution in [2.45, 2.75) is 32.7 Å². The van der Waals surface area contributed by atoms with E-state index in [1.54, 1.807) is 14.2 Å². The maximum absolute atomic E-state index is 13.9. The summed E-state index contributed by atoms with van der Waals surface area (Å²) in [4.78, 5) is 16.0. The molecule has 3 aromatic carbocycles. The van der Waals surface area contributed by atoms with E-state index < -0.39 is 6.04 Å². The van der Waals surface area contributed by atoms with Crippen molar-refractivity contribution in [1.82, 2.24) is 0 Å². The molecule has 0 radical (unpaired) electrons. The topological polar surface area (TPSA) is 62.8 Å². The second-order valence-corrected chi connectivity index (χ2v) is 10.5. The van der Waals surface area contributed by atoms with Gasteiger partial charge in [0, 0.05) is 35.0 Å². The number of rotatable bonds is 4. The fourth-order valence-corrected chi connectivity index (χ4v) is 5.58. The highest BCUT2D eigenvalue weighted by Crippen LogP contribution is 2.50. The maximum Gasteiger partial charge on any atom is 0.178 e. The summed E-state index contributed by atoms with van der Waals surface area (Å²) < 4.78 is 11.3. The molecule has 2 N–H and O–H groups in total. The molecule has 0 bridgehead atoms. The Kier molecular flexibility index (Phi) is 6.65. The predicted octanol–water partition coefficient (Wildman–Crippen LogP) is 6.72. The predicted molar refractivity (Wildman–Crippen MR) is 153 cm³/mol. The molecule has 0 amide bonds. The molecule has 37 heavy (non-hydrogen) atoms. The standard InChI is InChI=1S/C30H31N3O3S/c1-30(2)17-23-27(25(34)18-30)28(21-15-14-20(35-3)16-26(21)36-4)33(24-13-9-8-12-22(24)32-23)29(37)31-19-10-6-5-7-11-19/h5-16,28,32H,17-18H2,1-4H3,(H,31,37)/t28-/m1/s1. The molecule has 190 valence electrons. The molecule has 5 rings (SSSR count). The third-order valence-electron chi connectivity index (χ3n) is 6.88. The number of fused-ring (bicyclic) bond motifs is 1. The van der Waals surface area contributed by atoms with Gasteiger partial charge in [0.05, 0.1) is 31.6 Å². The Labute approximate surface area is 223 Å². The van der Waals surface area contributed by atoms with E-state index in [4.69, 9.17) is 21.7 Å². The number of hydrogen-bond donors (Lipinski definition) is 2. The zero-order valence-corrected chi connectivity index (χ0v) is 22.3. The van der Waals surface area contributed by atoms with Crippen molar-refractivity contribution < 1.29 is 14.3 Å². The highest BCUT2D eigenvalue weighted by molar-refractivity contribution is 7.80. The fourth-order valence-electron chi connectivity index (χ4n) is 5.25. The summed E-state index contributed by atoms with van der Waals surface area (Å²) in [5.41, 5.74) is 4.93. The number of hydrogen-bond acceptors (Lipinski definition) is 5. The lowest BCUT2D eigenvalue weighted by Crippen LogP contribution is -2.41. The van der Waals surface area contributed by atoms with Crippen LogP contribution in [-0.2, 0) is 4.79 Å². The van der Waals surface area contributed by atoms with Crippen LogP contribution in [0.25, 0.3) is 0 Å². The summed E-state index contributed by atoms with van der Waals surface area (Å²) in [7, 11) is 3.26. The van der Waals surface area contributed by atoms with Gasteiger partial charge in [-0.25, -0.2) is 0 Å². The van der Waals surface area contributed by atoms with Crippen LogP contribution >= 0.6 is 12.2 Å². The number of para-hydroxylation sites is 3. The molecule has 0 spiro atoms. The Morgan fingerprint density at radius 2 is 1.73 bits per heavy atom. The number of ether oxygens (including phenoxy) is 2. The van der Waals surface area contributed by atoms with E-state index in [1.165, 1.54) is 0 Å². The molecule has 0 saturated carbocycles. The fraction of sp³-hybridized carbons (Fsp3) is 0.267. The number of allylic oxidation sites excluding steroid dienone is 1. The average Bonchev–Trinajstić information content (AvgIpc) is 3.02. The number of thiocarbonyl (C=S) groups is 1. The van der Waals surface area contributed by atoms with Gasteiger partial charge in [-0.2, -0.15) is 0 Å². The Morgan fingerprint density at radius 3 is 2.46 bits per heavy atom. The van der Waals surface area contributed by atoms with E-state index in [0.717, 1.165) is 34.7 Å². The molecule has 0 fully saturated rings. The third kappa shape index (κ3) is 4.79. The van der Waals surface area contributed by atoms with Gasteiger partial charge in [-0.3, -0.25) is 4.79 Å². The summed E-state index contributed by atoms with van der Waals surface area (Å²) in [5, 5.41) is 7.50. The highest BCUT2D eigenvalue weighted by Gasteiger charge is 2.43. The number of methoxy groups -OCH3 is 2. The first-order valence-corrected chi connectivity index (χ1v) is 12.7. The van der Waals surface area contributed by atoms with Crippen molar-refractivity contribution in [1.29, 1.82) is 0 Å². The Hall–Kier alpha value is -3.84. The van der Waals surface area contributed by atoms with E-state index in [2.05, 4.69) is 24.5 Å². The molecule has 1 aliphatic carbocycles. The molecule has 7 heteroatoms. The van der Waals surface area contributed by atoms with Crippen molar-refractivity contribution in [3.8, 4) is 11.5 Å². The normalized spacial score (nSPS) is 18.2. The molecule has 1 heterocycles. The smallest absolute Gasteiger partial charge is 0.178 e. The van der Waals surface area contributed by atoms with Crippen molar-refractivity contribution in [3.63, 3.8) is 0 Å². The van der Waals surface area contributed by atoms with Gasteiger partial charge in [0.25, 0.3) is 0 Å². The van der Waals surface area contributed by atoms with Gasteiger partial charge >= 0.3 is 0 Å². The number of nitrogens with zero attached hydrogens (tertiary/aromatic N) is 1. The van der Waals surface area contributed by atoms with Crippen LogP contribution in [0, 0.1) is 5.41 Å². The second-order valence-electron chi connectivity index (χ2n) is 10.2. The van der Waals surface area contributed by atoms with Gasteiger partial charge in [-0.1, -0.05) is 44.2 Å². The van der Waals surface area contributed by atoms with Crippen LogP contribution in [0.4, 0.5) is 17.1 Å². The lowest BCUT2D eigenvalue weighted by Gasteiger charge is -2.38. The van der Waals surface area contributed by atoms with Gasteiger partial charge in [-0.15, -0.1) is 0 Å². The van der Waals surface area contributed by atoms with Crippen molar-refractivity contribution >= 4 is 40.2 Å². The molecule has 0 saturated heterocycles. The van der Waals surface area contributed by atoms with E-state index in [0.29, 0.717) is 28.6 Å². The zero-order valence-electron chi connectivity index (χ0n) is 21.5. The molecule has 0 aromatic heterocycles. The van der Waals surface area contributed by atoms with Gasteiger partial charge in [0.15, 0.2) is 10.9 Å². The molecule has 0 unspecified atom stereocenters. The van der Waals surface area contributed by atoms with Crippen LogP contribution in [0.2, 0.25) is 0 Å². The maximum atomic E-state index is 13.9. The van der Waals surface area contributed by atoms with Crippen molar-refractivity contribution in [2.75, 3.05) is 29.8 Å². The summed E-state index contributed by atoms with van der Waals surface area (Å²) >= 11 is 6.06. The van der Waals surface area contributed by atoms with Crippen molar-refractivity contribution in [3.05, 3.63) is 89.6 Å². The minimum atomic E-state index is -0.515. The van der Waals surface area contributed by atoms with Crippen LogP contribution < -0.4 is 25.0 Å². The minimum absolute atomic E-state index is 0.0990. The lowest BCUT2D eigenvalue weighted by atomic mass is 9.73. The molecular formula is C30H31N3O3S. The number of benzene rings is 3. The quantitative estimate of drug-likeness (QED) is 0.376. The molecule has 1 atom stereocenters. The SMILES string of the molecule is COc1ccc([C@@H]2C3=C(CC(C)(C)CC3=O)Nc3ccccc3N2C(=S)Nc2ccccc2)c(OC)c1. The Morgan fingerprint density at radius 1 is 1.00 bits per heavy atom. The monoisotopic (exact) mass is 513 g/mol. The van der Waals surface area contributed by atoms with Crippen LogP contribution in [0.3, 0.4) is 0 Å². The number of ketones is 1. The number of anilines is 3. The van der Waals surface area contributed by atoms with Gasteiger partial charge < -0.3 is 25.0 Å². The number of Topliss-reactive ketones (excluding diaryl/α,β-unsaturated/α-hetero) is 1.